The molecule has 1 unspecified atom stereocenters. The number of nitro groups is 1. The average molecular weight is 326 g/mol. The molecule has 2 aromatic rings. The highest BCUT2D eigenvalue weighted by molar-refractivity contribution is 5.94. The van der Waals surface area contributed by atoms with Gasteiger partial charge in [-0.1, -0.05) is 42.5 Å². The fraction of sp³-hybridized carbons (Fsp3) is 0.0588. The minimum Gasteiger partial charge on any atom is -0.479 e. The number of benzene rings is 2. The van der Waals surface area contributed by atoms with Crippen LogP contribution in [0.5, 0.6) is 0 Å². The third-order valence-corrected chi connectivity index (χ3v) is 3.17. The topological polar surface area (TPSA) is 110 Å². The van der Waals surface area contributed by atoms with Gasteiger partial charge in [0, 0.05) is 18.2 Å². The summed E-state index contributed by atoms with van der Waals surface area (Å²) in [6.45, 7) is 0. The number of aliphatic carboxylic acids is 1. The highest BCUT2D eigenvalue weighted by Crippen LogP contribution is 2.15. The van der Waals surface area contributed by atoms with Gasteiger partial charge in [0.2, 0.25) is 5.91 Å². The summed E-state index contributed by atoms with van der Waals surface area (Å²) in [7, 11) is 0. The molecule has 0 bridgehead atoms. The Labute approximate surface area is 137 Å². The summed E-state index contributed by atoms with van der Waals surface area (Å²) >= 11 is 0. The van der Waals surface area contributed by atoms with Crippen molar-refractivity contribution in [1.29, 1.82) is 0 Å². The Morgan fingerprint density at radius 1 is 1.12 bits per heavy atom. The first-order chi connectivity index (χ1) is 11.5. The Morgan fingerprint density at radius 3 is 2.46 bits per heavy atom. The number of non-ortho nitro benzene ring substituents is 1. The molecule has 0 aliphatic heterocycles. The van der Waals surface area contributed by atoms with E-state index in [1.165, 1.54) is 24.3 Å². The van der Waals surface area contributed by atoms with Crippen molar-refractivity contribution in [2.75, 3.05) is 0 Å². The van der Waals surface area contributed by atoms with Gasteiger partial charge in [-0.25, -0.2) is 4.79 Å². The lowest BCUT2D eigenvalue weighted by Gasteiger charge is -2.13. The molecule has 24 heavy (non-hydrogen) atoms. The molecule has 0 aromatic heterocycles. The predicted molar refractivity (Wildman–Crippen MR) is 87.1 cm³/mol. The largest absolute Gasteiger partial charge is 0.479 e. The number of nitro benzene ring substituents is 1. The zero-order chi connectivity index (χ0) is 17.5. The number of carbonyl (C=O) groups is 2. The van der Waals surface area contributed by atoms with Crippen LogP contribution in [0.25, 0.3) is 6.08 Å². The molecule has 0 aliphatic carbocycles. The fourth-order valence-electron chi connectivity index (χ4n) is 2.04. The van der Waals surface area contributed by atoms with Gasteiger partial charge in [0.25, 0.3) is 5.69 Å². The van der Waals surface area contributed by atoms with Gasteiger partial charge >= 0.3 is 5.97 Å². The Kier molecular flexibility index (Phi) is 5.40. The molecule has 2 rings (SSSR count). The van der Waals surface area contributed by atoms with Crippen LogP contribution < -0.4 is 5.32 Å². The predicted octanol–water partition coefficient (Wildman–Crippen LogP) is 2.55. The quantitative estimate of drug-likeness (QED) is 0.481. The number of hydrogen-bond donors (Lipinski definition) is 2. The van der Waals surface area contributed by atoms with Crippen LogP contribution in [-0.4, -0.2) is 21.9 Å². The molecule has 1 atom stereocenters. The third kappa shape index (κ3) is 4.51. The van der Waals surface area contributed by atoms with Crippen LogP contribution in [0.3, 0.4) is 0 Å². The van der Waals surface area contributed by atoms with Crippen LogP contribution >= 0.6 is 0 Å². The summed E-state index contributed by atoms with van der Waals surface area (Å²) in [6.07, 6.45) is 2.52. The van der Waals surface area contributed by atoms with Crippen LogP contribution in [0, 0.1) is 10.1 Å². The standard InChI is InChI=1S/C17H14N2O5/c20-15(10-9-12-5-4-8-14(11-12)19(23)24)18-16(17(21)22)13-6-2-1-3-7-13/h1-11,16H,(H,18,20)(H,21,22)/b10-9+. The second kappa shape index (κ2) is 7.68. The molecule has 0 radical (unpaired) electrons. The molecule has 2 N–H and O–H groups in total. The van der Waals surface area contributed by atoms with E-state index in [9.17, 15) is 24.8 Å². The summed E-state index contributed by atoms with van der Waals surface area (Å²) in [4.78, 5) is 33.4. The van der Waals surface area contributed by atoms with E-state index in [0.29, 0.717) is 11.1 Å². The zero-order valence-electron chi connectivity index (χ0n) is 12.5. The van der Waals surface area contributed by atoms with Crippen molar-refractivity contribution < 1.29 is 19.6 Å². The number of carboxylic acids is 1. The van der Waals surface area contributed by atoms with E-state index in [2.05, 4.69) is 5.32 Å². The van der Waals surface area contributed by atoms with Crippen LogP contribution in [0.4, 0.5) is 5.69 Å². The molecule has 0 saturated heterocycles. The monoisotopic (exact) mass is 326 g/mol. The summed E-state index contributed by atoms with van der Waals surface area (Å²) in [5.41, 5.74) is 0.818. The van der Waals surface area contributed by atoms with Crippen molar-refractivity contribution in [3.05, 3.63) is 81.9 Å². The van der Waals surface area contributed by atoms with Gasteiger partial charge in [0.1, 0.15) is 0 Å². The number of nitrogens with one attached hydrogen (secondary N) is 1. The molecule has 7 nitrogen and oxygen atoms in total. The number of hydrogen-bond acceptors (Lipinski definition) is 4. The van der Waals surface area contributed by atoms with Crippen LogP contribution in [0.15, 0.2) is 60.7 Å². The van der Waals surface area contributed by atoms with Gasteiger partial charge < -0.3 is 10.4 Å². The number of carbonyl (C=O) groups excluding carboxylic acids is 1. The van der Waals surface area contributed by atoms with Crippen molar-refractivity contribution in [3.8, 4) is 0 Å². The zero-order valence-corrected chi connectivity index (χ0v) is 12.5. The average Bonchev–Trinajstić information content (AvgIpc) is 2.58. The van der Waals surface area contributed by atoms with E-state index in [1.807, 2.05) is 0 Å². The summed E-state index contributed by atoms with van der Waals surface area (Å²) in [6, 6.07) is 12.9. The summed E-state index contributed by atoms with van der Waals surface area (Å²) in [5, 5.41) is 22.3. The summed E-state index contributed by atoms with van der Waals surface area (Å²) < 4.78 is 0. The Morgan fingerprint density at radius 2 is 1.83 bits per heavy atom. The van der Waals surface area contributed by atoms with E-state index in [0.717, 1.165) is 6.08 Å². The van der Waals surface area contributed by atoms with Gasteiger partial charge in [-0.3, -0.25) is 14.9 Å². The lowest BCUT2D eigenvalue weighted by atomic mass is 10.1. The van der Waals surface area contributed by atoms with Gasteiger partial charge in [0.15, 0.2) is 6.04 Å². The molecule has 0 heterocycles. The third-order valence-electron chi connectivity index (χ3n) is 3.17. The molecular formula is C17H14N2O5. The van der Waals surface area contributed by atoms with Gasteiger partial charge in [-0.05, 0) is 17.2 Å². The molecular weight excluding hydrogens is 312 g/mol. The Balaban J connectivity index is 2.10. The molecule has 0 fully saturated rings. The summed E-state index contributed by atoms with van der Waals surface area (Å²) in [5.74, 6) is -1.80. The molecule has 2 aromatic carbocycles. The number of amides is 1. The fourth-order valence-corrected chi connectivity index (χ4v) is 2.04. The normalized spacial score (nSPS) is 11.8. The van der Waals surface area contributed by atoms with Crippen LogP contribution in [0.1, 0.15) is 17.2 Å². The van der Waals surface area contributed by atoms with E-state index in [1.54, 1.807) is 36.4 Å². The Hall–Kier alpha value is -3.48. The first kappa shape index (κ1) is 16.9. The first-order valence-corrected chi connectivity index (χ1v) is 6.98. The SMILES string of the molecule is O=C(/C=C/c1cccc([N+](=O)[O-])c1)NC(C(=O)O)c1ccccc1. The van der Waals surface area contributed by atoms with E-state index in [-0.39, 0.29) is 5.69 Å². The molecule has 1 amide bonds. The number of rotatable bonds is 6. The van der Waals surface area contributed by atoms with Crippen LogP contribution in [-0.2, 0) is 9.59 Å². The Bertz CT molecular complexity index is 787. The molecule has 0 spiro atoms. The van der Waals surface area contributed by atoms with E-state index in [4.69, 9.17) is 0 Å². The second-order valence-corrected chi connectivity index (χ2v) is 4.88. The van der Waals surface area contributed by atoms with Gasteiger partial charge in [-0.2, -0.15) is 0 Å². The second-order valence-electron chi connectivity index (χ2n) is 4.88. The van der Waals surface area contributed by atoms with Crippen molar-refractivity contribution in [3.63, 3.8) is 0 Å². The van der Waals surface area contributed by atoms with E-state index < -0.39 is 22.8 Å². The lowest BCUT2D eigenvalue weighted by molar-refractivity contribution is -0.384. The number of carboxylic acid groups (broad SMARTS) is 1. The molecule has 0 aliphatic rings. The minimum absolute atomic E-state index is 0.0924. The maximum Gasteiger partial charge on any atom is 0.330 e. The minimum atomic E-state index is -1.18. The van der Waals surface area contributed by atoms with Gasteiger partial charge in [-0.15, -0.1) is 0 Å². The van der Waals surface area contributed by atoms with Crippen molar-refractivity contribution in [1.82, 2.24) is 5.32 Å². The first-order valence-electron chi connectivity index (χ1n) is 6.98. The van der Waals surface area contributed by atoms with Crippen molar-refractivity contribution in [2.24, 2.45) is 0 Å². The highest BCUT2D eigenvalue weighted by Gasteiger charge is 2.20. The van der Waals surface area contributed by atoms with E-state index >= 15 is 0 Å². The van der Waals surface area contributed by atoms with Crippen molar-refractivity contribution >= 4 is 23.6 Å². The van der Waals surface area contributed by atoms with Crippen molar-refractivity contribution in [2.45, 2.75) is 6.04 Å². The lowest BCUT2D eigenvalue weighted by Crippen LogP contribution is -2.32. The smallest absolute Gasteiger partial charge is 0.330 e. The molecule has 122 valence electrons. The number of nitrogens with zero attached hydrogens (tertiary/aromatic N) is 1. The maximum atomic E-state index is 11.9. The molecule has 7 heteroatoms. The maximum absolute atomic E-state index is 11.9. The van der Waals surface area contributed by atoms with Gasteiger partial charge in [0.05, 0.1) is 4.92 Å². The highest BCUT2D eigenvalue weighted by atomic mass is 16.6. The molecule has 0 saturated carbocycles. The van der Waals surface area contributed by atoms with Crippen LogP contribution in [0.2, 0.25) is 0 Å².